The third kappa shape index (κ3) is 4.65. The zero-order valence-corrected chi connectivity index (χ0v) is 14.9. The van der Waals surface area contributed by atoms with Crippen molar-refractivity contribution in [1.82, 2.24) is 5.32 Å². The Morgan fingerprint density at radius 3 is 2.25 bits per heavy atom. The number of nitrogens with one attached hydrogen (secondary N) is 2. The Hall–Kier alpha value is -1.71. The van der Waals surface area contributed by atoms with Gasteiger partial charge in [0.2, 0.25) is 5.91 Å². The molecule has 1 saturated heterocycles. The van der Waals surface area contributed by atoms with Gasteiger partial charge in [-0.25, -0.2) is 0 Å². The van der Waals surface area contributed by atoms with Crippen LogP contribution in [0.1, 0.15) is 58.3 Å². The van der Waals surface area contributed by atoms with Crippen molar-refractivity contribution in [2.45, 2.75) is 70.4 Å². The third-order valence-corrected chi connectivity index (χ3v) is 5.32. The second-order valence-electron chi connectivity index (χ2n) is 7.30. The quantitative estimate of drug-likeness (QED) is 0.860. The summed E-state index contributed by atoms with van der Waals surface area (Å²) >= 11 is 0. The minimum Gasteiger partial charge on any atom is -0.374 e. The maximum atomic E-state index is 12.3. The maximum Gasteiger partial charge on any atom is 0.242 e. The fraction of sp³-hybridized carbons (Fsp3) is 0.650. The topological polar surface area (TPSA) is 44.4 Å². The number of carbonyl (C=O) groups is 1. The lowest BCUT2D eigenvalue weighted by Crippen LogP contribution is -2.42. The summed E-state index contributed by atoms with van der Waals surface area (Å²) in [5.74, 6) is 0.110. The van der Waals surface area contributed by atoms with Crippen LogP contribution in [0.4, 0.5) is 11.4 Å². The summed E-state index contributed by atoms with van der Waals surface area (Å²) in [4.78, 5) is 14.8. The monoisotopic (exact) mass is 329 g/mol. The molecule has 2 fully saturated rings. The molecular weight excluding hydrogens is 298 g/mol. The molecule has 24 heavy (non-hydrogen) atoms. The first-order valence-corrected chi connectivity index (χ1v) is 9.64. The second-order valence-corrected chi connectivity index (χ2v) is 7.30. The molecular formula is C20H31N3O. The van der Waals surface area contributed by atoms with Gasteiger partial charge in [0.25, 0.3) is 0 Å². The Morgan fingerprint density at radius 1 is 1.00 bits per heavy atom. The SMILES string of the molecule is C[C@@H](Nc1ccc(N2CCCCCC2)cc1)C(=O)NC1CCCC1. The molecule has 1 aliphatic carbocycles. The zero-order valence-electron chi connectivity index (χ0n) is 14.9. The number of hydrogen-bond acceptors (Lipinski definition) is 3. The van der Waals surface area contributed by atoms with Crippen LogP contribution in [0, 0.1) is 0 Å². The van der Waals surface area contributed by atoms with E-state index in [-0.39, 0.29) is 11.9 Å². The predicted molar refractivity (Wildman–Crippen MR) is 101 cm³/mol. The van der Waals surface area contributed by atoms with Crippen molar-refractivity contribution in [3.05, 3.63) is 24.3 Å². The molecule has 1 amide bonds. The molecule has 2 N–H and O–H groups in total. The molecule has 1 aliphatic heterocycles. The van der Waals surface area contributed by atoms with Gasteiger partial charge < -0.3 is 15.5 Å². The molecule has 1 aromatic rings. The molecule has 1 atom stereocenters. The maximum absolute atomic E-state index is 12.3. The smallest absolute Gasteiger partial charge is 0.242 e. The van der Waals surface area contributed by atoms with Gasteiger partial charge in [-0.1, -0.05) is 25.7 Å². The van der Waals surface area contributed by atoms with E-state index in [2.05, 4.69) is 39.8 Å². The summed E-state index contributed by atoms with van der Waals surface area (Å²) in [6.07, 6.45) is 10.0. The summed E-state index contributed by atoms with van der Waals surface area (Å²) < 4.78 is 0. The lowest BCUT2D eigenvalue weighted by molar-refractivity contribution is -0.122. The molecule has 4 nitrogen and oxygen atoms in total. The molecule has 2 aliphatic rings. The van der Waals surface area contributed by atoms with Gasteiger partial charge in [-0.3, -0.25) is 4.79 Å². The number of amides is 1. The van der Waals surface area contributed by atoms with Crippen LogP contribution in [0.25, 0.3) is 0 Å². The minimum absolute atomic E-state index is 0.110. The van der Waals surface area contributed by atoms with Crippen molar-refractivity contribution < 1.29 is 4.79 Å². The lowest BCUT2D eigenvalue weighted by atomic mass is 10.2. The minimum atomic E-state index is -0.199. The van der Waals surface area contributed by atoms with E-state index < -0.39 is 0 Å². The van der Waals surface area contributed by atoms with Crippen LogP contribution in [-0.2, 0) is 4.79 Å². The van der Waals surface area contributed by atoms with Crippen LogP contribution in [0.15, 0.2) is 24.3 Å². The van der Waals surface area contributed by atoms with Crippen LogP contribution in [0.5, 0.6) is 0 Å². The van der Waals surface area contributed by atoms with Gasteiger partial charge in [0.05, 0.1) is 0 Å². The summed E-state index contributed by atoms with van der Waals surface area (Å²) in [5, 5.41) is 6.49. The molecule has 0 aromatic heterocycles. The highest BCUT2D eigenvalue weighted by Crippen LogP contribution is 2.22. The Morgan fingerprint density at radius 2 is 1.62 bits per heavy atom. The third-order valence-electron chi connectivity index (χ3n) is 5.32. The second kappa shape index (κ2) is 8.41. The number of hydrogen-bond donors (Lipinski definition) is 2. The first kappa shape index (κ1) is 17.1. The van der Waals surface area contributed by atoms with Crippen molar-refractivity contribution >= 4 is 17.3 Å². The number of rotatable bonds is 5. The van der Waals surface area contributed by atoms with E-state index in [1.807, 2.05) is 6.92 Å². The van der Waals surface area contributed by atoms with Crippen molar-refractivity contribution in [1.29, 1.82) is 0 Å². The molecule has 1 heterocycles. The number of benzene rings is 1. The summed E-state index contributed by atoms with van der Waals surface area (Å²) in [5.41, 5.74) is 2.31. The van der Waals surface area contributed by atoms with E-state index in [4.69, 9.17) is 0 Å². The van der Waals surface area contributed by atoms with E-state index >= 15 is 0 Å². The van der Waals surface area contributed by atoms with E-state index in [1.165, 1.54) is 44.2 Å². The Bertz CT molecular complexity index is 514. The Kier molecular flexibility index (Phi) is 6.00. The summed E-state index contributed by atoms with van der Waals surface area (Å²) in [7, 11) is 0. The zero-order chi connectivity index (χ0) is 16.8. The fourth-order valence-electron chi connectivity index (χ4n) is 3.81. The van der Waals surface area contributed by atoms with Gasteiger partial charge >= 0.3 is 0 Å². The van der Waals surface area contributed by atoms with Gasteiger partial charge in [-0.2, -0.15) is 0 Å². The summed E-state index contributed by atoms with van der Waals surface area (Å²) in [6, 6.07) is 8.73. The number of nitrogens with zero attached hydrogens (tertiary/aromatic N) is 1. The predicted octanol–water partition coefficient (Wildman–Crippen LogP) is 3.93. The van der Waals surface area contributed by atoms with Gasteiger partial charge in [-0.15, -0.1) is 0 Å². The average molecular weight is 329 g/mol. The van der Waals surface area contributed by atoms with E-state index in [0.717, 1.165) is 31.6 Å². The van der Waals surface area contributed by atoms with E-state index in [9.17, 15) is 4.79 Å². The molecule has 4 heteroatoms. The first-order chi connectivity index (χ1) is 11.7. The van der Waals surface area contributed by atoms with E-state index in [0.29, 0.717) is 6.04 Å². The molecule has 0 unspecified atom stereocenters. The number of anilines is 2. The fourth-order valence-corrected chi connectivity index (χ4v) is 3.81. The Labute approximate surface area is 146 Å². The molecule has 0 spiro atoms. The standard InChI is InChI=1S/C20H31N3O/c1-16(20(24)22-17-8-4-5-9-17)21-18-10-12-19(13-11-18)23-14-6-2-3-7-15-23/h10-13,16-17,21H,2-9,14-15H2,1H3,(H,22,24)/t16-/m1/s1. The highest BCUT2D eigenvalue weighted by Gasteiger charge is 2.20. The van der Waals surface area contributed by atoms with Crippen molar-refractivity contribution in [2.75, 3.05) is 23.3 Å². The van der Waals surface area contributed by atoms with Crippen LogP contribution in [-0.4, -0.2) is 31.1 Å². The van der Waals surface area contributed by atoms with Gasteiger partial charge in [0, 0.05) is 30.5 Å². The highest BCUT2D eigenvalue weighted by atomic mass is 16.2. The molecule has 3 rings (SSSR count). The normalized spacial score (nSPS) is 20.5. The highest BCUT2D eigenvalue weighted by molar-refractivity contribution is 5.84. The van der Waals surface area contributed by atoms with Crippen LogP contribution >= 0.6 is 0 Å². The van der Waals surface area contributed by atoms with Crippen LogP contribution < -0.4 is 15.5 Å². The van der Waals surface area contributed by atoms with Crippen LogP contribution in [0.3, 0.4) is 0 Å². The number of carbonyl (C=O) groups excluding carboxylic acids is 1. The molecule has 0 bridgehead atoms. The first-order valence-electron chi connectivity index (χ1n) is 9.64. The van der Waals surface area contributed by atoms with Crippen LogP contribution in [0.2, 0.25) is 0 Å². The molecule has 1 aromatic carbocycles. The van der Waals surface area contributed by atoms with Crippen molar-refractivity contribution in [3.8, 4) is 0 Å². The van der Waals surface area contributed by atoms with Crippen molar-refractivity contribution in [2.24, 2.45) is 0 Å². The van der Waals surface area contributed by atoms with E-state index in [1.54, 1.807) is 0 Å². The van der Waals surface area contributed by atoms with Gasteiger partial charge in [0.1, 0.15) is 6.04 Å². The Balaban J connectivity index is 1.52. The molecule has 0 radical (unpaired) electrons. The average Bonchev–Trinajstić information content (AvgIpc) is 2.95. The molecule has 132 valence electrons. The molecule has 1 saturated carbocycles. The van der Waals surface area contributed by atoms with Crippen molar-refractivity contribution in [3.63, 3.8) is 0 Å². The van der Waals surface area contributed by atoms with Gasteiger partial charge in [-0.05, 0) is 56.9 Å². The van der Waals surface area contributed by atoms with Gasteiger partial charge in [0.15, 0.2) is 0 Å². The largest absolute Gasteiger partial charge is 0.374 e. The summed E-state index contributed by atoms with van der Waals surface area (Å²) in [6.45, 7) is 4.26. The lowest BCUT2D eigenvalue weighted by Gasteiger charge is -2.23.